The lowest BCUT2D eigenvalue weighted by molar-refractivity contribution is 0.0942. The van der Waals surface area contributed by atoms with Crippen LogP contribution in [0.5, 0.6) is 11.5 Å². The molecule has 0 saturated heterocycles. The summed E-state index contributed by atoms with van der Waals surface area (Å²) in [4.78, 5) is 11.7. The number of benzene rings is 1. The highest BCUT2D eigenvalue weighted by atomic mass is 16.5. The number of ether oxygens (including phenoxy) is 2. The summed E-state index contributed by atoms with van der Waals surface area (Å²) in [6.07, 6.45) is 0. The average molecular weight is 207 g/mol. The second-order valence-corrected chi connectivity index (χ2v) is 3.55. The average Bonchev–Trinajstić information content (AvgIpc) is 2.38. The highest BCUT2D eigenvalue weighted by Gasteiger charge is 2.20. The normalized spacial score (nSPS) is 19.6. The molecule has 4 heteroatoms. The fraction of sp³-hybridized carbons (Fsp3) is 0.364. The van der Waals surface area contributed by atoms with Crippen LogP contribution in [0.2, 0.25) is 0 Å². The molecule has 2 rings (SSSR count). The first-order chi connectivity index (χ1) is 7.20. The van der Waals surface area contributed by atoms with E-state index in [1.165, 1.54) is 0 Å². The molecule has 1 atom stereocenters. The summed E-state index contributed by atoms with van der Waals surface area (Å²) >= 11 is 0. The monoisotopic (exact) mass is 207 g/mol. The Hall–Kier alpha value is -1.71. The summed E-state index contributed by atoms with van der Waals surface area (Å²) in [5.41, 5.74) is 0.556. The number of fused-ring (bicyclic) bond motifs is 1. The largest absolute Gasteiger partial charge is 0.497 e. The minimum atomic E-state index is -0.0994. The summed E-state index contributed by atoms with van der Waals surface area (Å²) in [7, 11) is 1.58. The van der Waals surface area contributed by atoms with Crippen LogP contribution in [0.1, 0.15) is 17.3 Å². The molecule has 1 aromatic rings. The van der Waals surface area contributed by atoms with Crippen molar-refractivity contribution in [3.63, 3.8) is 0 Å². The Bertz CT molecular complexity index is 389. The van der Waals surface area contributed by atoms with Gasteiger partial charge in [-0.1, -0.05) is 0 Å². The van der Waals surface area contributed by atoms with E-state index in [2.05, 4.69) is 5.32 Å². The highest BCUT2D eigenvalue weighted by Crippen LogP contribution is 2.26. The number of carbonyl (C=O) groups excluding carboxylic acids is 1. The molecule has 1 N–H and O–H groups in total. The Labute approximate surface area is 88.2 Å². The Morgan fingerprint density at radius 1 is 1.53 bits per heavy atom. The fourth-order valence-electron chi connectivity index (χ4n) is 1.49. The summed E-state index contributed by atoms with van der Waals surface area (Å²) in [5.74, 6) is 1.17. The van der Waals surface area contributed by atoms with Crippen molar-refractivity contribution in [1.82, 2.24) is 5.32 Å². The van der Waals surface area contributed by atoms with E-state index in [1.54, 1.807) is 25.3 Å². The van der Waals surface area contributed by atoms with E-state index in [9.17, 15) is 4.79 Å². The molecule has 0 radical (unpaired) electrons. The summed E-state index contributed by atoms with van der Waals surface area (Å²) < 4.78 is 10.6. The molecule has 0 saturated carbocycles. The molecule has 1 unspecified atom stereocenters. The van der Waals surface area contributed by atoms with E-state index in [4.69, 9.17) is 9.47 Å². The van der Waals surface area contributed by atoms with Crippen LogP contribution in [0.3, 0.4) is 0 Å². The van der Waals surface area contributed by atoms with Gasteiger partial charge in [0.25, 0.3) is 5.91 Å². The van der Waals surface area contributed by atoms with Gasteiger partial charge in [-0.2, -0.15) is 0 Å². The number of carbonyl (C=O) groups is 1. The van der Waals surface area contributed by atoms with Crippen LogP contribution in [-0.4, -0.2) is 25.7 Å². The first-order valence-electron chi connectivity index (χ1n) is 4.82. The molecule has 4 nitrogen and oxygen atoms in total. The molecule has 0 aromatic heterocycles. The third-order valence-corrected chi connectivity index (χ3v) is 2.30. The lowest BCUT2D eigenvalue weighted by Gasteiger charge is -2.08. The van der Waals surface area contributed by atoms with Gasteiger partial charge < -0.3 is 14.8 Å². The van der Waals surface area contributed by atoms with Crippen molar-refractivity contribution < 1.29 is 14.3 Å². The van der Waals surface area contributed by atoms with Crippen molar-refractivity contribution in [2.45, 2.75) is 13.0 Å². The lowest BCUT2D eigenvalue weighted by atomic mass is 10.2. The number of amides is 1. The smallest absolute Gasteiger partial charge is 0.255 e. The molecule has 1 heterocycles. The third-order valence-electron chi connectivity index (χ3n) is 2.30. The van der Waals surface area contributed by atoms with Gasteiger partial charge in [0.05, 0.1) is 18.7 Å². The van der Waals surface area contributed by atoms with Crippen molar-refractivity contribution in [2.75, 3.05) is 13.7 Å². The molecular weight excluding hydrogens is 194 g/mol. The van der Waals surface area contributed by atoms with E-state index in [0.29, 0.717) is 23.7 Å². The van der Waals surface area contributed by atoms with E-state index in [1.807, 2.05) is 6.92 Å². The van der Waals surface area contributed by atoms with Gasteiger partial charge in [0.1, 0.15) is 18.1 Å². The number of hydrogen-bond acceptors (Lipinski definition) is 3. The van der Waals surface area contributed by atoms with Gasteiger partial charge in [-0.05, 0) is 19.1 Å². The Morgan fingerprint density at radius 2 is 2.33 bits per heavy atom. The third kappa shape index (κ3) is 1.88. The second kappa shape index (κ2) is 3.81. The molecule has 1 aliphatic heterocycles. The molecule has 0 spiro atoms. The SMILES string of the molecule is COc1ccc2c(c1)OCC(C)NC2=O. The zero-order valence-electron chi connectivity index (χ0n) is 8.74. The van der Waals surface area contributed by atoms with Crippen molar-refractivity contribution in [3.05, 3.63) is 23.8 Å². The molecule has 0 bridgehead atoms. The standard InChI is InChI=1S/C11H13NO3/c1-7-6-15-10-5-8(14-2)3-4-9(10)11(13)12-7/h3-5,7H,6H2,1-2H3,(H,12,13). The van der Waals surface area contributed by atoms with Gasteiger partial charge in [-0.25, -0.2) is 0 Å². The number of methoxy groups -OCH3 is 1. The maximum Gasteiger partial charge on any atom is 0.255 e. The van der Waals surface area contributed by atoms with Gasteiger partial charge in [-0.15, -0.1) is 0 Å². The predicted octanol–water partition coefficient (Wildman–Crippen LogP) is 1.21. The van der Waals surface area contributed by atoms with Gasteiger partial charge >= 0.3 is 0 Å². The van der Waals surface area contributed by atoms with Crippen LogP contribution in [0, 0.1) is 0 Å². The van der Waals surface area contributed by atoms with Crippen LogP contribution >= 0.6 is 0 Å². The van der Waals surface area contributed by atoms with Gasteiger partial charge in [0, 0.05) is 6.07 Å². The maximum absolute atomic E-state index is 11.7. The van der Waals surface area contributed by atoms with Crippen LogP contribution in [0.4, 0.5) is 0 Å². The van der Waals surface area contributed by atoms with Crippen LogP contribution in [0.25, 0.3) is 0 Å². The Morgan fingerprint density at radius 3 is 3.07 bits per heavy atom. The summed E-state index contributed by atoms with van der Waals surface area (Å²) in [6, 6.07) is 5.21. The molecule has 1 aliphatic rings. The van der Waals surface area contributed by atoms with E-state index < -0.39 is 0 Å². The van der Waals surface area contributed by atoms with Gasteiger partial charge in [-0.3, -0.25) is 4.79 Å². The lowest BCUT2D eigenvalue weighted by Crippen LogP contribution is -2.33. The van der Waals surface area contributed by atoms with E-state index in [-0.39, 0.29) is 11.9 Å². The molecule has 15 heavy (non-hydrogen) atoms. The molecule has 0 fully saturated rings. The highest BCUT2D eigenvalue weighted by molar-refractivity contribution is 5.97. The second-order valence-electron chi connectivity index (χ2n) is 3.55. The molecule has 1 aromatic carbocycles. The zero-order chi connectivity index (χ0) is 10.8. The topological polar surface area (TPSA) is 47.6 Å². The zero-order valence-corrected chi connectivity index (χ0v) is 8.74. The summed E-state index contributed by atoms with van der Waals surface area (Å²) in [5, 5.41) is 2.83. The predicted molar refractivity (Wildman–Crippen MR) is 55.4 cm³/mol. The van der Waals surface area contributed by atoms with Crippen LogP contribution in [-0.2, 0) is 0 Å². The van der Waals surface area contributed by atoms with Gasteiger partial charge in [0.15, 0.2) is 0 Å². The van der Waals surface area contributed by atoms with Crippen LogP contribution < -0.4 is 14.8 Å². The Balaban J connectivity index is 2.39. The number of nitrogens with one attached hydrogen (secondary N) is 1. The van der Waals surface area contributed by atoms with Crippen molar-refractivity contribution in [3.8, 4) is 11.5 Å². The molecule has 1 amide bonds. The quantitative estimate of drug-likeness (QED) is 0.752. The number of rotatable bonds is 1. The number of hydrogen-bond donors (Lipinski definition) is 1. The van der Waals surface area contributed by atoms with Crippen molar-refractivity contribution in [2.24, 2.45) is 0 Å². The Kier molecular flexibility index (Phi) is 2.49. The van der Waals surface area contributed by atoms with E-state index >= 15 is 0 Å². The maximum atomic E-state index is 11.7. The molecule has 80 valence electrons. The minimum Gasteiger partial charge on any atom is -0.497 e. The van der Waals surface area contributed by atoms with Crippen molar-refractivity contribution >= 4 is 5.91 Å². The minimum absolute atomic E-state index is 0.0240. The first-order valence-corrected chi connectivity index (χ1v) is 4.82. The fourth-order valence-corrected chi connectivity index (χ4v) is 1.49. The molecular formula is C11H13NO3. The van der Waals surface area contributed by atoms with E-state index in [0.717, 1.165) is 0 Å². The molecule has 0 aliphatic carbocycles. The van der Waals surface area contributed by atoms with Crippen molar-refractivity contribution in [1.29, 1.82) is 0 Å². The van der Waals surface area contributed by atoms with Gasteiger partial charge in [0.2, 0.25) is 0 Å². The summed E-state index contributed by atoms with van der Waals surface area (Å²) in [6.45, 7) is 2.38. The first kappa shape index (κ1) is 9.83. The van der Waals surface area contributed by atoms with Crippen LogP contribution in [0.15, 0.2) is 18.2 Å².